The number of ether oxygens (including phenoxy) is 2. The van der Waals surface area contributed by atoms with Crippen LogP contribution in [0.3, 0.4) is 0 Å². The van der Waals surface area contributed by atoms with E-state index >= 15 is 0 Å². The second-order valence-electron chi connectivity index (χ2n) is 12.8. The van der Waals surface area contributed by atoms with Crippen LogP contribution in [0.5, 0.6) is 5.75 Å². The van der Waals surface area contributed by atoms with Gasteiger partial charge in [-0.15, -0.1) is 0 Å². The van der Waals surface area contributed by atoms with Gasteiger partial charge in [-0.25, -0.2) is 0 Å². The molecule has 3 aliphatic rings. The predicted octanol–water partition coefficient (Wildman–Crippen LogP) is 5.94. The number of carbonyl (C=O) groups is 2. The largest absolute Gasteiger partial charge is 0.461 e. The smallest absolute Gasteiger partial charge is 0.316 e. The molecule has 0 radical (unpaired) electrons. The van der Waals surface area contributed by atoms with Crippen LogP contribution in [0.1, 0.15) is 104 Å². The normalized spacial score (nSPS) is 33.5. The standard InChI is InChI=1S/C28H40O5/c1-26(2,3)24(30)32-16-8-9-17-18-12-13-28(7)21(19(18)15-22(29)20(17)14-16)10-11-23(28)33-25(31)27(4,5)6/h8-9,14,18-19,21-23,29H,10-13,15H2,1-7H3/t18-,19-,21+,22?,23+,28+/m1/s1. The Bertz CT molecular complexity index is 937. The summed E-state index contributed by atoms with van der Waals surface area (Å²) in [6.07, 6.45) is 4.04. The molecule has 1 unspecified atom stereocenters. The molecular formula is C28H40O5. The van der Waals surface area contributed by atoms with E-state index < -0.39 is 16.9 Å². The lowest BCUT2D eigenvalue weighted by molar-refractivity contribution is -0.167. The van der Waals surface area contributed by atoms with Crippen LogP contribution in [0.4, 0.5) is 0 Å². The third-order valence-corrected chi connectivity index (χ3v) is 8.35. The first-order chi connectivity index (χ1) is 15.2. The Morgan fingerprint density at radius 2 is 1.64 bits per heavy atom. The molecule has 2 saturated carbocycles. The van der Waals surface area contributed by atoms with E-state index in [2.05, 4.69) is 13.0 Å². The Hall–Kier alpha value is -1.88. The van der Waals surface area contributed by atoms with Crippen molar-refractivity contribution in [2.75, 3.05) is 0 Å². The van der Waals surface area contributed by atoms with Crippen LogP contribution in [-0.4, -0.2) is 23.1 Å². The van der Waals surface area contributed by atoms with Gasteiger partial charge in [0.15, 0.2) is 0 Å². The maximum atomic E-state index is 12.6. The molecule has 1 N–H and O–H groups in total. The highest BCUT2D eigenvalue weighted by atomic mass is 16.5. The second kappa shape index (κ2) is 8.11. The van der Waals surface area contributed by atoms with Gasteiger partial charge in [0.05, 0.1) is 16.9 Å². The number of hydrogen-bond donors (Lipinski definition) is 1. The molecule has 2 fully saturated rings. The summed E-state index contributed by atoms with van der Waals surface area (Å²) in [4.78, 5) is 24.9. The zero-order valence-corrected chi connectivity index (χ0v) is 21.2. The van der Waals surface area contributed by atoms with Gasteiger partial charge >= 0.3 is 11.9 Å². The molecule has 6 atom stereocenters. The molecule has 4 rings (SSSR count). The van der Waals surface area contributed by atoms with E-state index in [1.54, 1.807) is 0 Å². The van der Waals surface area contributed by atoms with E-state index in [1.807, 2.05) is 53.7 Å². The Morgan fingerprint density at radius 3 is 2.27 bits per heavy atom. The summed E-state index contributed by atoms with van der Waals surface area (Å²) in [7, 11) is 0. The number of aliphatic hydroxyl groups is 1. The molecule has 182 valence electrons. The number of hydrogen-bond acceptors (Lipinski definition) is 5. The van der Waals surface area contributed by atoms with Gasteiger partial charge in [-0.3, -0.25) is 9.59 Å². The Kier molecular flexibility index (Phi) is 5.96. The van der Waals surface area contributed by atoms with Crippen LogP contribution in [0.25, 0.3) is 0 Å². The van der Waals surface area contributed by atoms with Gasteiger partial charge < -0.3 is 14.6 Å². The summed E-state index contributed by atoms with van der Waals surface area (Å²) in [5.41, 5.74) is 0.962. The molecule has 1 aromatic rings. The Balaban J connectivity index is 1.56. The minimum atomic E-state index is -0.580. The number of benzene rings is 1. The van der Waals surface area contributed by atoms with Crippen LogP contribution < -0.4 is 4.74 Å². The van der Waals surface area contributed by atoms with Crippen molar-refractivity contribution in [2.24, 2.45) is 28.1 Å². The van der Waals surface area contributed by atoms with E-state index in [-0.39, 0.29) is 23.5 Å². The van der Waals surface area contributed by atoms with Crippen LogP contribution in [-0.2, 0) is 14.3 Å². The zero-order chi connectivity index (χ0) is 24.3. The fraction of sp³-hybridized carbons (Fsp3) is 0.714. The van der Waals surface area contributed by atoms with Crippen LogP contribution in [0.15, 0.2) is 18.2 Å². The molecule has 5 nitrogen and oxygen atoms in total. The van der Waals surface area contributed by atoms with Gasteiger partial charge in [0.25, 0.3) is 0 Å². The maximum absolute atomic E-state index is 12.6. The number of fused-ring (bicyclic) bond motifs is 5. The van der Waals surface area contributed by atoms with E-state index in [4.69, 9.17) is 9.47 Å². The summed E-state index contributed by atoms with van der Waals surface area (Å²) in [6.45, 7) is 13.5. The lowest BCUT2D eigenvalue weighted by atomic mass is 9.55. The molecule has 0 spiro atoms. The monoisotopic (exact) mass is 456 g/mol. The molecule has 0 bridgehead atoms. The average molecular weight is 457 g/mol. The molecule has 1 aromatic carbocycles. The topological polar surface area (TPSA) is 72.8 Å². The fourth-order valence-electron chi connectivity index (χ4n) is 6.34. The first-order valence-electron chi connectivity index (χ1n) is 12.5. The third kappa shape index (κ3) is 4.34. The van der Waals surface area contributed by atoms with Gasteiger partial charge in [-0.2, -0.15) is 0 Å². The summed E-state index contributed by atoms with van der Waals surface area (Å²) in [5, 5.41) is 11.1. The number of aliphatic hydroxyl groups excluding tert-OH is 1. The van der Waals surface area contributed by atoms with Crippen LogP contribution in [0.2, 0.25) is 0 Å². The quantitative estimate of drug-likeness (QED) is 0.440. The van der Waals surface area contributed by atoms with Crippen LogP contribution >= 0.6 is 0 Å². The van der Waals surface area contributed by atoms with Crippen molar-refractivity contribution >= 4 is 11.9 Å². The Labute approximate surface area is 198 Å². The molecule has 0 aromatic heterocycles. The maximum Gasteiger partial charge on any atom is 0.316 e. The van der Waals surface area contributed by atoms with Gasteiger partial charge in [0, 0.05) is 5.41 Å². The van der Waals surface area contributed by atoms with Gasteiger partial charge in [-0.1, -0.05) is 13.0 Å². The minimum absolute atomic E-state index is 0.0402. The highest BCUT2D eigenvalue weighted by Crippen LogP contribution is 2.63. The SMILES string of the molecule is CC(C)(C)C(=O)Oc1ccc2c(c1)C(O)C[C@@H]1[C@@H]2CC[C@]2(C)[C@@H](OC(=O)C(C)(C)C)CC[C@@H]12. The van der Waals surface area contributed by atoms with Crippen molar-refractivity contribution in [3.8, 4) is 5.75 Å². The highest BCUT2D eigenvalue weighted by Gasteiger charge is 2.57. The molecule has 33 heavy (non-hydrogen) atoms. The van der Waals surface area contributed by atoms with E-state index in [1.165, 1.54) is 5.56 Å². The van der Waals surface area contributed by atoms with Crippen molar-refractivity contribution < 1.29 is 24.2 Å². The van der Waals surface area contributed by atoms with E-state index in [9.17, 15) is 14.7 Å². The number of carbonyl (C=O) groups excluding carboxylic acids is 2. The average Bonchev–Trinajstić information content (AvgIpc) is 3.03. The summed E-state index contributed by atoms with van der Waals surface area (Å²) in [5.74, 6) is 1.28. The summed E-state index contributed by atoms with van der Waals surface area (Å²) >= 11 is 0. The first-order valence-corrected chi connectivity index (χ1v) is 12.5. The van der Waals surface area contributed by atoms with Crippen molar-refractivity contribution in [2.45, 2.75) is 98.7 Å². The van der Waals surface area contributed by atoms with Crippen molar-refractivity contribution in [3.63, 3.8) is 0 Å². The molecule has 0 amide bonds. The van der Waals surface area contributed by atoms with Gasteiger partial charge in [-0.05, 0) is 115 Å². The molecule has 0 aliphatic heterocycles. The van der Waals surface area contributed by atoms with Crippen LogP contribution in [0, 0.1) is 28.1 Å². The lowest BCUT2D eigenvalue weighted by Gasteiger charge is -2.51. The number of esters is 2. The molecule has 5 heteroatoms. The predicted molar refractivity (Wildman–Crippen MR) is 127 cm³/mol. The van der Waals surface area contributed by atoms with Gasteiger partial charge in [0.1, 0.15) is 11.9 Å². The zero-order valence-electron chi connectivity index (χ0n) is 21.2. The van der Waals surface area contributed by atoms with Crippen molar-refractivity contribution in [3.05, 3.63) is 29.3 Å². The van der Waals surface area contributed by atoms with Crippen molar-refractivity contribution in [1.29, 1.82) is 0 Å². The Morgan fingerprint density at radius 1 is 0.970 bits per heavy atom. The third-order valence-electron chi connectivity index (χ3n) is 8.35. The second-order valence-corrected chi connectivity index (χ2v) is 12.8. The lowest BCUT2D eigenvalue weighted by Crippen LogP contribution is -2.46. The molecule has 0 saturated heterocycles. The molecule has 0 heterocycles. The summed E-state index contributed by atoms with van der Waals surface area (Å²) in [6, 6.07) is 5.78. The number of rotatable bonds is 2. The highest BCUT2D eigenvalue weighted by molar-refractivity contribution is 5.78. The molecular weight excluding hydrogens is 416 g/mol. The first kappa shape index (κ1) is 24.3. The van der Waals surface area contributed by atoms with E-state index in [0.717, 1.165) is 31.2 Å². The fourth-order valence-corrected chi connectivity index (χ4v) is 6.34. The molecule has 3 aliphatic carbocycles. The van der Waals surface area contributed by atoms with E-state index in [0.29, 0.717) is 29.9 Å². The summed E-state index contributed by atoms with van der Waals surface area (Å²) < 4.78 is 11.6. The van der Waals surface area contributed by atoms with Crippen molar-refractivity contribution in [1.82, 2.24) is 0 Å². The minimum Gasteiger partial charge on any atom is -0.461 e. The van der Waals surface area contributed by atoms with Gasteiger partial charge in [0.2, 0.25) is 0 Å².